The highest BCUT2D eigenvalue weighted by Crippen LogP contribution is 2.43. The van der Waals surface area contributed by atoms with Crippen molar-refractivity contribution in [3.63, 3.8) is 0 Å². The molecule has 0 atom stereocenters. The molecule has 1 N–H and O–H groups in total. The first-order chi connectivity index (χ1) is 16.9. The van der Waals surface area contributed by atoms with Gasteiger partial charge in [0.15, 0.2) is 11.5 Å². The minimum Gasteiger partial charge on any atom is -0.507 e. The number of phenols is 1. The van der Waals surface area contributed by atoms with Gasteiger partial charge in [-0.05, 0) is 35.1 Å². The molecule has 36 heavy (non-hydrogen) atoms. The van der Waals surface area contributed by atoms with Crippen LogP contribution < -0.4 is 14.2 Å². The van der Waals surface area contributed by atoms with E-state index in [1.807, 2.05) is 36.4 Å². The maximum atomic E-state index is 11.3. The molecule has 3 aromatic carbocycles. The number of ether oxygens (including phenoxy) is 3. The number of methoxy groups -OCH3 is 3. The first-order valence-corrected chi connectivity index (χ1v) is 12.1. The van der Waals surface area contributed by atoms with E-state index in [1.54, 1.807) is 21.3 Å². The lowest BCUT2D eigenvalue weighted by Crippen LogP contribution is -2.18. The van der Waals surface area contributed by atoms with Crippen LogP contribution in [0.25, 0.3) is 28.1 Å². The second-order valence-electron chi connectivity index (χ2n) is 11.1. The summed E-state index contributed by atoms with van der Waals surface area (Å²) in [6.45, 7) is 12.7. The molecule has 0 aliphatic carbocycles. The Labute approximate surface area is 213 Å². The van der Waals surface area contributed by atoms with E-state index in [4.69, 9.17) is 19.2 Å². The van der Waals surface area contributed by atoms with Gasteiger partial charge in [0, 0.05) is 34.5 Å². The summed E-state index contributed by atoms with van der Waals surface area (Å²) in [6, 6.07) is 15.8. The van der Waals surface area contributed by atoms with Crippen LogP contribution in [0.2, 0.25) is 0 Å². The van der Waals surface area contributed by atoms with Crippen molar-refractivity contribution >= 4 is 11.0 Å². The van der Waals surface area contributed by atoms with Crippen LogP contribution in [0.3, 0.4) is 0 Å². The van der Waals surface area contributed by atoms with Crippen LogP contribution in [0, 0.1) is 0 Å². The van der Waals surface area contributed by atoms with E-state index >= 15 is 0 Å². The number of nitrogens with zero attached hydrogens (tertiary/aromatic N) is 2. The number of rotatable bonds is 5. The Morgan fingerprint density at radius 1 is 0.750 bits per heavy atom. The van der Waals surface area contributed by atoms with Crippen LogP contribution in [0.1, 0.15) is 52.7 Å². The quantitative estimate of drug-likeness (QED) is 0.327. The molecule has 0 radical (unpaired) electrons. The molecule has 4 rings (SSSR count). The van der Waals surface area contributed by atoms with Gasteiger partial charge in [0.25, 0.3) is 0 Å². The number of imidazole rings is 1. The molecular weight excluding hydrogens is 452 g/mol. The fraction of sp³-hybridized carbons (Fsp3) is 0.367. The fourth-order valence-electron chi connectivity index (χ4n) is 4.51. The van der Waals surface area contributed by atoms with Crippen molar-refractivity contribution in [1.29, 1.82) is 0 Å². The number of phenolic OH excluding ortho intramolecular Hbond substituents is 1. The average molecular weight is 489 g/mol. The summed E-state index contributed by atoms with van der Waals surface area (Å²) in [6.07, 6.45) is 0. The van der Waals surface area contributed by atoms with Crippen LogP contribution in [0.4, 0.5) is 0 Å². The van der Waals surface area contributed by atoms with Gasteiger partial charge in [-0.15, -0.1) is 0 Å². The lowest BCUT2D eigenvalue weighted by Gasteiger charge is -2.28. The zero-order valence-corrected chi connectivity index (χ0v) is 22.7. The molecule has 0 amide bonds. The first kappa shape index (κ1) is 25.4. The highest BCUT2D eigenvalue weighted by molar-refractivity contribution is 5.86. The van der Waals surface area contributed by atoms with Gasteiger partial charge in [0.05, 0.1) is 32.4 Å². The molecule has 0 aliphatic heterocycles. The SMILES string of the molecule is COc1cccc(-c2nc3cc(OC)c(OC)cc3n2-c2cc(C(C)(C)C)c(O)c(C(C)(C)C)c2)c1. The monoisotopic (exact) mass is 488 g/mol. The molecule has 0 spiro atoms. The highest BCUT2D eigenvalue weighted by Gasteiger charge is 2.28. The number of hydrogen-bond donors (Lipinski definition) is 1. The molecule has 6 heteroatoms. The van der Waals surface area contributed by atoms with Crippen molar-refractivity contribution < 1.29 is 19.3 Å². The largest absolute Gasteiger partial charge is 0.507 e. The van der Waals surface area contributed by atoms with Crippen molar-refractivity contribution in [2.45, 2.75) is 52.4 Å². The van der Waals surface area contributed by atoms with Crippen molar-refractivity contribution in [3.8, 4) is 40.1 Å². The summed E-state index contributed by atoms with van der Waals surface area (Å²) >= 11 is 0. The van der Waals surface area contributed by atoms with Crippen LogP contribution >= 0.6 is 0 Å². The number of aromatic nitrogens is 2. The normalized spacial score (nSPS) is 12.1. The van der Waals surface area contributed by atoms with E-state index in [0.717, 1.165) is 45.0 Å². The second kappa shape index (κ2) is 9.08. The zero-order valence-electron chi connectivity index (χ0n) is 22.7. The van der Waals surface area contributed by atoms with Gasteiger partial charge in [-0.2, -0.15) is 0 Å². The van der Waals surface area contributed by atoms with Crippen molar-refractivity contribution in [3.05, 3.63) is 59.7 Å². The average Bonchev–Trinajstić information content (AvgIpc) is 3.20. The maximum Gasteiger partial charge on any atom is 0.163 e. The predicted molar refractivity (Wildman–Crippen MR) is 145 cm³/mol. The Balaban J connectivity index is 2.16. The van der Waals surface area contributed by atoms with Crippen LogP contribution in [0.5, 0.6) is 23.0 Å². The molecule has 6 nitrogen and oxygen atoms in total. The number of benzene rings is 3. The Bertz CT molecular complexity index is 1390. The van der Waals surface area contributed by atoms with E-state index in [2.05, 4.69) is 58.2 Å². The van der Waals surface area contributed by atoms with Crippen LogP contribution in [0.15, 0.2) is 48.5 Å². The number of hydrogen-bond acceptors (Lipinski definition) is 5. The number of fused-ring (bicyclic) bond motifs is 1. The first-order valence-electron chi connectivity index (χ1n) is 12.1. The second-order valence-corrected chi connectivity index (χ2v) is 11.1. The maximum absolute atomic E-state index is 11.3. The Hall–Kier alpha value is -3.67. The van der Waals surface area contributed by atoms with Gasteiger partial charge in [-0.3, -0.25) is 4.57 Å². The summed E-state index contributed by atoms with van der Waals surface area (Å²) < 4.78 is 18.8. The Morgan fingerprint density at radius 2 is 1.33 bits per heavy atom. The Morgan fingerprint density at radius 3 is 1.86 bits per heavy atom. The summed E-state index contributed by atoms with van der Waals surface area (Å²) in [4.78, 5) is 5.03. The van der Waals surface area contributed by atoms with Crippen LogP contribution in [-0.2, 0) is 10.8 Å². The smallest absolute Gasteiger partial charge is 0.163 e. The molecule has 4 aromatic rings. The van der Waals surface area contributed by atoms with E-state index in [0.29, 0.717) is 17.2 Å². The molecule has 1 aromatic heterocycles. The predicted octanol–water partition coefficient (Wildman–Crippen LogP) is 7.02. The van der Waals surface area contributed by atoms with Crippen LogP contribution in [-0.4, -0.2) is 36.0 Å². The van der Waals surface area contributed by atoms with Gasteiger partial charge in [-0.1, -0.05) is 53.7 Å². The van der Waals surface area contributed by atoms with Crippen molar-refractivity contribution in [2.75, 3.05) is 21.3 Å². The van der Waals surface area contributed by atoms with Crippen molar-refractivity contribution in [2.24, 2.45) is 0 Å². The highest BCUT2D eigenvalue weighted by atomic mass is 16.5. The molecule has 0 saturated carbocycles. The summed E-state index contributed by atoms with van der Waals surface area (Å²) in [5.41, 5.74) is 4.68. The van der Waals surface area contributed by atoms with Gasteiger partial charge in [-0.25, -0.2) is 4.98 Å². The van der Waals surface area contributed by atoms with E-state index in [1.165, 1.54) is 0 Å². The topological polar surface area (TPSA) is 65.7 Å². The standard InChI is InChI=1S/C30H36N2O4/c1-29(2,3)21-14-19(15-22(27(21)33)30(4,5)6)32-24-17-26(36-9)25(35-8)16-23(24)31-28(32)18-11-10-12-20(13-18)34-7/h10-17,33H,1-9H3. The van der Waals surface area contributed by atoms with Gasteiger partial charge in [0.2, 0.25) is 0 Å². The summed E-state index contributed by atoms with van der Waals surface area (Å²) in [5.74, 6) is 3.07. The molecule has 0 saturated heterocycles. The summed E-state index contributed by atoms with van der Waals surface area (Å²) in [5, 5.41) is 11.3. The molecule has 0 aliphatic rings. The third-order valence-electron chi connectivity index (χ3n) is 6.46. The molecule has 0 unspecified atom stereocenters. The summed E-state index contributed by atoms with van der Waals surface area (Å²) in [7, 11) is 4.90. The van der Waals surface area contributed by atoms with Gasteiger partial charge < -0.3 is 19.3 Å². The molecule has 0 fully saturated rings. The van der Waals surface area contributed by atoms with Gasteiger partial charge in [0.1, 0.15) is 17.3 Å². The molecule has 190 valence electrons. The van der Waals surface area contributed by atoms with Crippen molar-refractivity contribution in [1.82, 2.24) is 9.55 Å². The van der Waals surface area contributed by atoms with E-state index in [-0.39, 0.29) is 10.8 Å². The molecule has 1 heterocycles. The number of aromatic hydroxyl groups is 1. The molecular formula is C30H36N2O4. The minimum atomic E-state index is -0.270. The lowest BCUT2D eigenvalue weighted by atomic mass is 9.79. The minimum absolute atomic E-state index is 0.270. The van der Waals surface area contributed by atoms with E-state index < -0.39 is 0 Å². The third-order valence-corrected chi connectivity index (χ3v) is 6.46. The third kappa shape index (κ3) is 4.48. The van der Waals surface area contributed by atoms with Gasteiger partial charge >= 0.3 is 0 Å². The van der Waals surface area contributed by atoms with E-state index in [9.17, 15) is 5.11 Å². The fourth-order valence-corrected chi connectivity index (χ4v) is 4.51. The Kier molecular flexibility index (Phi) is 6.41. The molecule has 0 bridgehead atoms. The zero-order chi connectivity index (χ0) is 26.4. The lowest BCUT2D eigenvalue weighted by molar-refractivity contribution is 0.355.